The van der Waals surface area contributed by atoms with Crippen molar-refractivity contribution in [2.45, 2.75) is 44.3 Å². The smallest absolute Gasteiger partial charge is 0.419 e. The van der Waals surface area contributed by atoms with Crippen molar-refractivity contribution in [2.24, 2.45) is 5.73 Å². The van der Waals surface area contributed by atoms with Gasteiger partial charge in [0.2, 0.25) is 0 Å². The fourth-order valence-electron chi connectivity index (χ4n) is 3.15. The molecule has 2 aromatic carbocycles. The van der Waals surface area contributed by atoms with E-state index in [9.17, 15) is 22.8 Å². The first-order chi connectivity index (χ1) is 14.7. The normalized spacial score (nSPS) is 13.9. The number of rotatable bonds is 12. The first kappa shape index (κ1) is 25.3. The van der Waals surface area contributed by atoms with Crippen LogP contribution in [0.25, 0.3) is 0 Å². The Morgan fingerprint density at radius 1 is 1.10 bits per heavy atom. The Kier molecular flexibility index (Phi) is 9.44. The molecule has 5 nitrogen and oxygen atoms in total. The summed E-state index contributed by atoms with van der Waals surface area (Å²) in [6, 6.07) is 11.9. The van der Waals surface area contributed by atoms with Crippen LogP contribution in [0.15, 0.2) is 42.5 Å². The number of halogens is 3. The lowest BCUT2D eigenvalue weighted by molar-refractivity contribution is -0.139. The Balaban J connectivity index is 2.01. The van der Waals surface area contributed by atoms with Crippen molar-refractivity contribution in [2.75, 3.05) is 19.8 Å². The molecule has 0 radical (unpaired) electrons. The maximum atomic E-state index is 13.6. The fraction of sp³-hybridized carbons (Fsp3) is 0.455. The number of nitrogens with two attached hydrogens (primary N) is 1. The maximum Gasteiger partial charge on any atom is 0.419 e. The predicted octanol–water partition coefficient (Wildman–Crippen LogP) is 4.87. The third kappa shape index (κ3) is 8.22. The minimum atomic E-state index is -4.57. The zero-order valence-corrected chi connectivity index (χ0v) is 18.2. The predicted molar refractivity (Wildman–Crippen MR) is 112 cm³/mol. The van der Waals surface area contributed by atoms with E-state index in [0.29, 0.717) is 18.4 Å². The molecule has 170 valence electrons. The number of aryl methyl sites for hydroxylation is 3. The summed E-state index contributed by atoms with van der Waals surface area (Å²) in [6.45, 7) is 1.53. The van der Waals surface area contributed by atoms with Gasteiger partial charge < -0.3 is 15.6 Å². The Morgan fingerprint density at radius 3 is 2.48 bits per heavy atom. The van der Waals surface area contributed by atoms with Crippen molar-refractivity contribution >= 4 is 8.69 Å². The summed E-state index contributed by atoms with van der Waals surface area (Å²) in [5.74, 6) is -0.213. The summed E-state index contributed by atoms with van der Waals surface area (Å²) in [7, 11) is -0.574. The van der Waals surface area contributed by atoms with Crippen molar-refractivity contribution in [3.63, 3.8) is 0 Å². The van der Waals surface area contributed by atoms with Gasteiger partial charge in [0.05, 0.1) is 30.9 Å². The van der Waals surface area contributed by atoms with E-state index >= 15 is 0 Å². The molecule has 0 saturated heterocycles. The lowest BCUT2D eigenvalue weighted by atomic mass is 9.93. The van der Waals surface area contributed by atoms with Crippen LogP contribution in [0.5, 0.6) is 5.75 Å². The van der Waals surface area contributed by atoms with Gasteiger partial charge in [0.1, 0.15) is 5.75 Å². The molecular weight excluding hydrogens is 430 g/mol. The number of aliphatic hydroxyl groups excluding tert-OH is 1. The monoisotopic (exact) mass is 457 g/mol. The van der Waals surface area contributed by atoms with Crippen LogP contribution in [0.2, 0.25) is 0 Å². The molecule has 0 aliphatic heterocycles. The Hall–Kier alpha value is -1.99. The molecule has 2 aromatic rings. The molecular formula is C22H27F3NO4P. The molecule has 0 spiro atoms. The van der Waals surface area contributed by atoms with Crippen LogP contribution in [0.1, 0.15) is 35.1 Å². The number of ether oxygens (including phenoxy) is 1. The molecule has 1 atom stereocenters. The standard InChI is InChI=1S/C22H27F3NO4P/c1-16-4-2-5-17(12-16)6-3-11-29-20-8-7-18(13-19(20)22(23,24)25)9-10-21(26,14-27)15-30-31-28/h2,4-5,7-8,12-13,27H,3,6,9-11,14-15,26H2,1H3. The van der Waals surface area contributed by atoms with Gasteiger partial charge in [-0.1, -0.05) is 35.9 Å². The molecule has 0 heterocycles. The van der Waals surface area contributed by atoms with E-state index in [2.05, 4.69) is 0 Å². The fourth-order valence-corrected chi connectivity index (χ4v) is 3.46. The lowest BCUT2D eigenvalue weighted by Gasteiger charge is -2.25. The summed E-state index contributed by atoms with van der Waals surface area (Å²) in [5, 5.41) is 9.43. The van der Waals surface area contributed by atoms with E-state index in [-0.39, 0.29) is 31.8 Å². The topological polar surface area (TPSA) is 81.8 Å². The second kappa shape index (κ2) is 11.6. The van der Waals surface area contributed by atoms with E-state index in [1.807, 2.05) is 31.2 Å². The number of hydrogen-bond donors (Lipinski definition) is 2. The summed E-state index contributed by atoms with van der Waals surface area (Å²) in [4.78, 5) is 0. The third-order valence-electron chi connectivity index (χ3n) is 4.93. The van der Waals surface area contributed by atoms with E-state index in [4.69, 9.17) is 15.0 Å². The van der Waals surface area contributed by atoms with Crippen LogP contribution in [-0.2, 0) is 28.1 Å². The SMILES string of the molecule is Cc1cccc(CCCOc2ccc(CCC(N)(CO)COP=O)cc2C(F)(F)F)c1. The number of benzene rings is 2. The average Bonchev–Trinajstić information content (AvgIpc) is 2.73. The zero-order valence-electron chi connectivity index (χ0n) is 17.3. The van der Waals surface area contributed by atoms with Crippen LogP contribution >= 0.6 is 8.69 Å². The van der Waals surface area contributed by atoms with Crippen LogP contribution in [0.4, 0.5) is 13.2 Å². The average molecular weight is 457 g/mol. The maximum absolute atomic E-state index is 13.6. The summed E-state index contributed by atoms with van der Waals surface area (Å²) in [5.41, 5.74) is 6.57. The van der Waals surface area contributed by atoms with Crippen LogP contribution in [-0.4, -0.2) is 30.5 Å². The third-order valence-corrected chi connectivity index (χ3v) is 5.16. The molecule has 0 aliphatic carbocycles. The highest BCUT2D eigenvalue weighted by molar-refractivity contribution is 7.17. The lowest BCUT2D eigenvalue weighted by Crippen LogP contribution is -2.47. The van der Waals surface area contributed by atoms with Crippen molar-refractivity contribution in [1.29, 1.82) is 0 Å². The molecule has 2 rings (SSSR count). The molecule has 0 aliphatic rings. The van der Waals surface area contributed by atoms with Crippen molar-refractivity contribution < 1.29 is 32.1 Å². The van der Waals surface area contributed by atoms with Gasteiger partial charge in [0, 0.05) is 0 Å². The first-order valence-corrected chi connectivity index (χ1v) is 10.6. The van der Waals surface area contributed by atoms with Crippen LogP contribution in [0, 0.1) is 6.92 Å². The van der Waals surface area contributed by atoms with Gasteiger partial charge in [-0.3, -0.25) is 4.52 Å². The van der Waals surface area contributed by atoms with E-state index in [1.165, 1.54) is 6.07 Å². The number of aliphatic hydroxyl groups is 1. The van der Waals surface area contributed by atoms with E-state index < -0.39 is 32.6 Å². The summed E-state index contributed by atoms with van der Waals surface area (Å²) >= 11 is 0. The minimum Gasteiger partial charge on any atom is -0.493 e. The number of alkyl halides is 3. The minimum absolute atomic E-state index is 0.160. The van der Waals surface area contributed by atoms with E-state index in [0.717, 1.165) is 17.2 Å². The quantitative estimate of drug-likeness (QED) is 0.351. The van der Waals surface area contributed by atoms with E-state index in [1.54, 1.807) is 6.07 Å². The van der Waals surface area contributed by atoms with Gasteiger partial charge in [-0.15, -0.1) is 0 Å². The molecule has 0 aromatic heterocycles. The Morgan fingerprint density at radius 2 is 1.84 bits per heavy atom. The second-order valence-electron chi connectivity index (χ2n) is 7.64. The van der Waals surface area contributed by atoms with Gasteiger partial charge in [0.25, 0.3) is 0 Å². The Labute approximate surface area is 181 Å². The summed E-state index contributed by atoms with van der Waals surface area (Å²) < 4.78 is 61.2. The second-order valence-corrected chi connectivity index (χ2v) is 8.05. The highest BCUT2D eigenvalue weighted by Gasteiger charge is 2.35. The molecule has 0 bridgehead atoms. The van der Waals surface area contributed by atoms with Crippen LogP contribution in [0.3, 0.4) is 0 Å². The molecule has 0 fully saturated rings. The van der Waals surface area contributed by atoms with Crippen molar-refractivity contribution in [3.05, 3.63) is 64.7 Å². The van der Waals surface area contributed by atoms with Gasteiger partial charge in [-0.2, -0.15) is 13.2 Å². The molecule has 0 saturated carbocycles. The molecule has 31 heavy (non-hydrogen) atoms. The number of hydrogen-bond acceptors (Lipinski definition) is 5. The highest BCUT2D eigenvalue weighted by Crippen LogP contribution is 2.37. The molecule has 9 heteroatoms. The van der Waals surface area contributed by atoms with Gasteiger partial charge >= 0.3 is 14.9 Å². The molecule has 3 N–H and O–H groups in total. The van der Waals surface area contributed by atoms with Crippen molar-refractivity contribution in [1.82, 2.24) is 0 Å². The van der Waals surface area contributed by atoms with Gasteiger partial charge in [-0.25, -0.2) is 4.57 Å². The van der Waals surface area contributed by atoms with Crippen molar-refractivity contribution in [3.8, 4) is 5.75 Å². The molecule has 0 amide bonds. The van der Waals surface area contributed by atoms with Gasteiger partial charge in [0.15, 0.2) is 0 Å². The highest BCUT2D eigenvalue weighted by atomic mass is 31.1. The molecule has 1 unspecified atom stereocenters. The largest absolute Gasteiger partial charge is 0.493 e. The zero-order chi connectivity index (χ0) is 22.9. The summed E-state index contributed by atoms with van der Waals surface area (Å²) in [6.07, 6.45) is -2.91. The van der Waals surface area contributed by atoms with Crippen LogP contribution < -0.4 is 10.5 Å². The first-order valence-electron chi connectivity index (χ1n) is 9.90. The Bertz CT molecular complexity index is 863. The van der Waals surface area contributed by atoms with Gasteiger partial charge in [-0.05, 0) is 55.9 Å².